The molecule has 0 radical (unpaired) electrons. The molecule has 1 aliphatic rings. The Morgan fingerprint density at radius 3 is 2.49 bits per heavy atom. The van der Waals surface area contributed by atoms with Crippen molar-refractivity contribution in [3.8, 4) is 5.13 Å². The van der Waals surface area contributed by atoms with Gasteiger partial charge in [0.15, 0.2) is 5.82 Å². The van der Waals surface area contributed by atoms with Crippen molar-refractivity contribution in [1.82, 2.24) is 30.0 Å². The number of carbonyl (C=O) groups excluding carboxylic acids is 2. The highest BCUT2D eigenvalue weighted by molar-refractivity contribution is 7.91. The quantitative estimate of drug-likeness (QED) is 0.311. The average Bonchev–Trinajstić information content (AvgIpc) is 3.43. The van der Waals surface area contributed by atoms with E-state index in [9.17, 15) is 18.0 Å². The summed E-state index contributed by atoms with van der Waals surface area (Å²) in [5.41, 5.74) is 0.0539. The van der Waals surface area contributed by atoms with Crippen LogP contribution >= 0.6 is 34.5 Å². The highest BCUT2D eigenvalue weighted by Crippen LogP contribution is 2.29. The van der Waals surface area contributed by atoms with Crippen LogP contribution in [0.15, 0.2) is 64.8 Å². The lowest BCUT2D eigenvalue weighted by Crippen LogP contribution is -2.29. The molecule has 0 bridgehead atoms. The SMILES string of the molecule is C[C@H](NC(=O)c1cc(Cl)cc(S(=O)(=O)c2ccc(Cl)cc2)c1)c1ncnn1-c1ncc(C(=O)N(C)C2CC2)s1. The number of carbonyl (C=O) groups is 2. The Kier molecular flexibility index (Phi) is 7.47. The van der Waals surface area contributed by atoms with Crippen LogP contribution in [0.5, 0.6) is 0 Å². The Bertz CT molecular complexity index is 1670. The first-order chi connectivity index (χ1) is 18.5. The maximum Gasteiger partial charge on any atom is 0.265 e. The minimum absolute atomic E-state index is 0.0200. The molecule has 1 saturated carbocycles. The molecule has 2 heterocycles. The fourth-order valence-corrected chi connectivity index (χ4v) is 6.52. The zero-order chi connectivity index (χ0) is 27.9. The maximum absolute atomic E-state index is 13.1. The minimum Gasteiger partial charge on any atom is -0.342 e. The summed E-state index contributed by atoms with van der Waals surface area (Å²) >= 11 is 13.3. The first kappa shape index (κ1) is 27.3. The Balaban J connectivity index is 1.35. The van der Waals surface area contributed by atoms with Crippen molar-refractivity contribution in [3.63, 3.8) is 0 Å². The number of nitrogens with zero attached hydrogens (tertiary/aromatic N) is 5. The van der Waals surface area contributed by atoms with Gasteiger partial charge in [-0.2, -0.15) is 9.78 Å². The van der Waals surface area contributed by atoms with Crippen molar-refractivity contribution in [2.75, 3.05) is 7.05 Å². The van der Waals surface area contributed by atoms with Gasteiger partial charge in [-0.15, -0.1) is 0 Å². The largest absolute Gasteiger partial charge is 0.342 e. The van der Waals surface area contributed by atoms with Gasteiger partial charge < -0.3 is 10.2 Å². The van der Waals surface area contributed by atoms with Crippen LogP contribution in [0.25, 0.3) is 5.13 Å². The molecule has 1 atom stereocenters. The van der Waals surface area contributed by atoms with E-state index in [4.69, 9.17) is 23.2 Å². The van der Waals surface area contributed by atoms with Gasteiger partial charge in [0, 0.05) is 28.7 Å². The van der Waals surface area contributed by atoms with Crippen LogP contribution < -0.4 is 5.32 Å². The first-order valence-electron chi connectivity index (χ1n) is 11.8. The van der Waals surface area contributed by atoms with Gasteiger partial charge in [-0.3, -0.25) is 9.59 Å². The second-order valence-electron chi connectivity index (χ2n) is 9.01. The molecule has 1 N–H and O–H groups in total. The number of thiazole rings is 1. The molecule has 2 aromatic heterocycles. The zero-order valence-corrected chi connectivity index (χ0v) is 23.9. The number of benzene rings is 2. The summed E-state index contributed by atoms with van der Waals surface area (Å²) < 4.78 is 27.7. The molecule has 1 aliphatic carbocycles. The first-order valence-corrected chi connectivity index (χ1v) is 14.9. The third kappa shape index (κ3) is 5.69. The standard InChI is InChI=1S/C25H22Cl2N6O4S2/c1-14(22-29-13-30-33(22)25-28-12-21(38-25)24(35)32(2)18-5-6-18)31-23(34)15-9-17(27)11-20(10-15)39(36,37)19-7-3-16(26)4-8-19/h3-4,7-14,18H,5-6H2,1-2H3,(H,31,34)/t14-/m0/s1. The van der Waals surface area contributed by atoms with Crippen LogP contribution in [-0.2, 0) is 9.84 Å². The van der Waals surface area contributed by atoms with Crippen molar-refractivity contribution in [1.29, 1.82) is 0 Å². The Labute approximate surface area is 238 Å². The summed E-state index contributed by atoms with van der Waals surface area (Å²) in [4.78, 5) is 36.5. The summed E-state index contributed by atoms with van der Waals surface area (Å²) in [7, 11) is -2.17. The number of aromatic nitrogens is 4. The van der Waals surface area contributed by atoms with Crippen LogP contribution in [0, 0.1) is 0 Å². The molecule has 0 unspecified atom stereocenters. The lowest BCUT2D eigenvalue weighted by molar-refractivity contribution is 0.0789. The van der Waals surface area contributed by atoms with Crippen LogP contribution in [0.3, 0.4) is 0 Å². The molecule has 14 heteroatoms. The van der Waals surface area contributed by atoms with Crippen LogP contribution in [0.1, 0.15) is 51.7 Å². The fraction of sp³-hybridized carbons (Fsp3) is 0.240. The number of nitrogens with one attached hydrogen (secondary N) is 1. The van der Waals surface area contributed by atoms with Gasteiger partial charge in [0.2, 0.25) is 15.0 Å². The highest BCUT2D eigenvalue weighted by atomic mass is 35.5. The van der Waals surface area contributed by atoms with E-state index >= 15 is 0 Å². The van der Waals surface area contributed by atoms with E-state index in [2.05, 4.69) is 20.4 Å². The molecule has 1 fully saturated rings. The van der Waals surface area contributed by atoms with E-state index in [-0.39, 0.29) is 32.3 Å². The van der Waals surface area contributed by atoms with Crippen molar-refractivity contribution in [3.05, 3.63) is 81.3 Å². The molecular formula is C25H22Cl2N6O4S2. The topological polar surface area (TPSA) is 127 Å². The van der Waals surface area contributed by atoms with Gasteiger partial charge in [-0.1, -0.05) is 34.5 Å². The molecule has 5 rings (SSSR count). The van der Waals surface area contributed by atoms with Crippen molar-refractivity contribution in [2.24, 2.45) is 0 Å². The molecule has 0 aliphatic heterocycles. The highest BCUT2D eigenvalue weighted by Gasteiger charge is 2.31. The number of halogens is 2. The fourth-order valence-electron chi connectivity index (χ4n) is 3.90. The molecule has 2 aromatic carbocycles. The minimum atomic E-state index is -3.95. The molecule has 2 amide bonds. The van der Waals surface area contributed by atoms with Gasteiger partial charge in [0.25, 0.3) is 11.8 Å². The van der Waals surface area contributed by atoms with E-state index < -0.39 is 21.8 Å². The lowest BCUT2D eigenvalue weighted by atomic mass is 10.2. The zero-order valence-electron chi connectivity index (χ0n) is 20.7. The number of hydrogen-bond acceptors (Lipinski definition) is 8. The van der Waals surface area contributed by atoms with Gasteiger partial charge >= 0.3 is 0 Å². The maximum atomic E-state index is 13.1. The Morgan fingerprint density at radius 2 is 1.79 bits per heavy atom. The molecular weight excluding hydrogens is 583 g/mol. The average molecular weight is 606 g/mol. The lowest BCUT2D eigenvalue weighted by Gasteiger charge is -2.15. The van der Waals surface area contributed by atoms with Crippen molar-refractivity contribution in [2.45, 2.75) is 41.6 Å². The molecule has 10 nitrogen and oxygen atoms in total. The predicted molar refractivity (Wildman–Crippen MR) is 146 cm³/mol. The van der Waals surface area contributed by atoms with Gasteiger partial charge in [-0.05, 0) is 62.2 Å². The summed E-state index contributed by atoms with van der Waals surface area (Å²) in [5.74, 6) is -0.286. The van der Waals surface area contributed by atoms with E-state index in [1.807, 2.05) is 0 Å². The summed E-state index contributed by atoms with van der Waals surface area (Å²) in [6, 6.07) is 9.25. The predicted octanol–water partition coefficient (Wildman–Crippen LogP) is 4.59. The van der Waals surface area contributed by atoms with Crippen molar-refractivity contribution >= 4 is 56.2 Å². The van der Waals surface area contributed by atoms with E-state index in [0.29, 0.717) is 20.9 Å². The molecule has 0 spiro atoms. The Morgan fingerprint density at radius 1 is 1.08 bits per heavy atom. The summed E-state index contributed by atoms with van der Waals surface area (Å²) in [5, 5.41) is 7.93. The van der Waals surface area contributed by atoms with Gasteiger partial charge in [-0.25, -0.2) is 18.4 Å². The van der Waals surface area contributed by atoms with Gasteiger partial charge in [0.05, 0.1) is 22.0 Å². The van der Waals surface area contributed by atoms with E-state index in [1.54, 1.807) is 18.9 Å². The molecule has 39 heavy (non-hydrogen) atoms. The molecule has 0 saturated heterocycles. The Hall–Kier alpha value is -3.32. The number of amides is 2. The van der Waals surface area contributed by atoms with Crippen molar-refractivity contribution < 1.29 is 18.0 Å². The van der Waals surface area contributed by atoms with Crippen LogP contribution in [0.4, 0.5) is 0 Å². The second kappa shape index (κ2) is 10.7. The molecule has 4 aromatic rings. The molecule has 202 valence electrons. The normalized spacial score (nSPS) is 14.2. The van der Waals surface area contributed by atoms with E-state index in [1.165, 1.54) is 71.0 Å². The third-order valence-corrected chi connectivity index (χ3v) is 9.36. The van der Waals surface area contributed by atoms with Crippen LogP contribution in [-0.4, -0.2) is 58.0 Å². The second-order valence-corrected chi connectivity index (χ2v) is 12.8. The van der Waals surface area contributed by atoms with E-state index in [0.717, 1.165) is 12.8 Å². The number of hydrogen-bond donors (Lipinski definition) is 1. The number of rotatable bonds is 8. The van der Waals surface area contributed by atoms with Crippen LogP contribution in [0.2, 0.25) is 10.0 Å². The smallest absolute Gasteiger partial charge is 0.265 e. The summed E-state index contributed by atoms with van der Waals surface area (Å²) in [6.45, 7) is 1.70. The summed E-state index contributed by atoms with van der Waals surface area (Å²) in [6.07, 6.45) is 4.83. The monoisotopic (exact) mass is 604 g/mol. The third-order valence-electron chi connectivity index (χ3n) is 6.18. The van der Waals surface area contributed by atoms with Gasteiger partial charge in [0.1, 0.15) is 11.2 Å². The number of sulfone groups is 1.